The van der Waals surface area contributed by atoms with Crippen LogP contribution in [0.2, 0.25) is 0 Å². The number of hydrogen-bond donors (Lipinski definition) is 2. The second kappa shape index (κ2) is 8.10. The second-order valence-corrected chi connectivity index (χ2v) is 9.49. The Morgan fingerprint density at radius 3 is 2.44 bits per heavy atom. The van der Waals surface area contributed by atoms with Crippen LogP contribution in [0.1, 0.15) is 52.8 Å². The molecular weight excluding hydrogens is 445 g/mol. The van der Waals surface area contributed by atoms with Crippen molar-refractivity contribution in [2.24, 2.45) is 0 Å². The van der Waals surface area contributed by atoms with Crippen LogP contribution < -0.4 is 10.2 Å². The van der Waals surface area contributed by atoms with E-state index in [1.165, 1.54) is 6.07 Å². The quantitative estimate of drug-likeness (QED) is 0.468. The maximum Gasteiger partial charge on any atom is 0.264 e. The number of piperidine rings is 1. The summed E-state index contributed by atoms with van der Waals surface area (Å²) in [5, 5.41) is 2.11. The normalized spacial score (nSPS) is 21.2. The van der Waals surface area contributed by atoms with E-state index in [9.17, 15) is 32.0 Å². The molecule has 10 nitrogen and oxygen atoms in total. The lowest BCUT2D eigenvalue weighted by Crippen LogP contribution is -2.54. The molecule has 0 saturated carbocycles. The largest absolute Gasteiger partial charge is 0.345 e. The molecule has 3 heterocycles. The highest BCUT2D eigenvalue weighted by molar-refractivity contribution is 7.85. The van der Waals surface area contributed by atoms with Gasteiger partial charge in [-0.1, -0.05) is 5.57 Å². The van der Waals surface area contributed by atoms with Crippen LogP contribution in [-0.4, -0.2) is 59.8 Å². The lowest BCUT2D eigenvalue weighted by Gasteiger charge is -2.27. The smallest absolute Gasteiger partial charge is 0.264 e. The van der Waals surface area contributed by atoms with Crippen molar-refractivity contribution in [1.29, 1.82) is 0 Å². The van der Waals surface area contributed by atoms with Gasteiger partial charge in [-0.05, 0) is 37.8 Å². The number of imide groups is 2. The Kier molecular flexibility index (Phi) is 5.59. The fourth-order valence-electron chi connectivity index (χ4n) is 4.17. The lowest BCUT2D eigenvalue weighted by atomic mass is 10.0. The molecule has 0 unspecified atom stereocenters. The highest BCUT2D eigenvalue weighted by Gasteiger charge is 2.45. The van der Waals surface area contributed by atoms with Crippen molar-refractivity contribution in [2.45, 2.75) is 38.1 Å². The first-order valence-corrected chi connectivity index (χ1v) is 11.6. The van der Waals surface area contributed by atoms with E-state index in [1.54, 1.807) is 11.1 Å². The van der Waals surface area contributed by atoms with Crippen LogP contribution in [0.5, 0.6) is 0 Å². The van der Waals surface area contributed by atoms with Crippen molar-refractivity contribution in [3.05, 3.63) is 40.8 Å². The van der Waals surface area contributed by atoms with Crippen LogP contribution in [0.3, 0.4) is 0 Å². The van der Waals surface area contributed by atoms with Crippen LogP contribution in [0, 0.1) is 5.82 Å². The monoisotopic (exact) mass is 465 g/mol. The molecule has 170 valence electrons. The van der Waals surface area contributed by atoms with Crippen LogP contribution in [0.4, 0.5) is 10.1 Å². The maximum absolute atomic E-state index is 14.8. The predicted molar refractivity (Wildman–Crippen MR) is 109 cm³/mol. The minimum absolute atomic E-state index is 0.00720. The molecule has 1 fully saturated rings. The highest BCUT2D eigenvalue weighted by Crippen LogP contribution is 2.34. The van der Waals surface area contributed by atoms with Crippen LogP contribution in [0.15, 0.2) is 23.9 Å². The van der Waals surface area contributed by atoms with Gasteiger partial charge in [-0.25, -0.2) is 4.39 Å². The molecule has 3 aliphatic rings. The Balaban J connectivity index is 1.55. The number of rotatable bonds is 6. The first-order chi connectivity index (χ1) is 15.0. The van der Waals surface area contributed by atoms with E-state index in [0.717, 1.165) is 16.5 Å². The number of fused-ring (bicyclic) bond motifs is 1. The molecule has 0 aliphatic carbocycles. The number of nitrogens with zero attached hydrogens (tertiary/aromatic N) is 2. The zero-order valence-electron chi connectivity index (χ0n) is 16.8. The zero-order valence-corrected chi connectivity index (χ0v) is 17.7. The molecular formula is C20H20FN3O7S. The fraction of sp³-hybridized carbons (Fsp3) is 0.400. The van der Waals surface area contributed by atoms with Gasteiger partial charge in [0.15, 0.2) is 0 Å². The van der Waals surface area contributed by atoms with E-state index in [1.807, 2.05) is 0 Å². The SMILES string of the molecule is O=C1CC[C@H](N2C(=O)c3cc(F)c(N4C=C(CCCS(=O)(=O)O)CC4)cc3C2=O)C(=O)N1. The summed E-state index contributed by atoms with van der Waals surface area (Å²) in [4.78, 5) is 51.5. The summed E-state index contributed by atoms with van der Waals surface area (Å²) in [7, 11) is -4.05. The molecule has 1 aromatic rings. The summed E-state index contributed by atoms with van der Waals surface area (Å²) in [6.45, 7) is 0.399. The van der Waals surface area contributed by atoms with Gasteiger partial charge < -0.3 is 4.90 Å². The maximum atomic E-state index is 14.8. The molecule has 0 spiro atoms. The van der Waals surface area contributed by atoms with E-state index < -0.39 is 45.6 Å². The van der Waals surface area contributed by atoms with Crippen LogP contribution in [0.25, 0.3) is 0 Å². The Morgan fingerprint density at radius 2 is 1.78 bits per heavy atom. The third-order valence-corrected chi connectivity index (χ3v) is 6.53. The number of halogens is 1. The lowest BCUT2D eigenvalue weighted by molar-refractivity contribution is -0.136. The molecule has 4 amide bonds. The van der Waals surface area contributed by atoms with E-state index in [4.69, 9.17) is 4.55 Å². The van der Waals surface area contributed by atoms with E-state index in [0.29, 0.717) is 19.4 Å². The number of anilines is 1. The topological polar surface area (TPSA) is 141 Å². The molecule has 0 aromatic heterocycles. The van der Waals surface area contributed by atoms with Gasteiger partial charge in [-0.3, -0.25) is 33.9 Å². The minimum atomic E-state index is -4.05. The van der Waals surface area contributed by atoms with Crippen molar-refractivity contribution >= 4 is 39.4 Å². The summed E-state index contributed by atoms with van der Waals surface area (Å²) in [6, 6.07) is 1.11. The summed E-state index contributed by atoms with van der Waals surface area (Å²) < 4.78 is 45.4. The van der Waals surface area contributed by atoms with E-state index >= 15 is 0 Å². The molecule has 1 aromatic carbocycles. The fourth-order valence-corrected chi connectivity index (χ4v) is 4.68. The van der Waals surface area contributed by atoms with Gasteiger partial charge in [0.2, 0.25) is 11.8 Å². The predicted octanol–water partition coefficient (Wildman–Crippen LogP) is 0.989. The first-order valence-electron chi connectivity index (χ1n) is 10.0. The van der Waals surface area contributed by atoms with Gasteiger partial charge in [-0.2, -0.15) is 8.42 Å². The number of carbonyl (C=O) groups is 4. The average molecular weight is 465 g/mol. The number of carbonyl (C=O) groups excluding carboxylic acids is 4. The van der Waals surface area contributed by atoms with Crippen molar-refractivity contribution in [3.63, 3.8) is 0 Å². The van der Waals surface area contributed by atoms with Crippen molar-refractivity contribution in [2.75, 3.05) is 17.2 Å². The Hall–Kier alpha value is -3.12. The van der Waals surface area contributed by atoms with Crippen molar-refractivity contribution in [1.82, 2.24) is 10.2 Å². The first kappa shape index (κ1) is 22.1. The van der Waals surface area contributed by atoms with Gasteiger partial charge in [-0.15, -0.1) is 0 Å². The number of benzene rings is 1. The molecule has 1 atom stereocenters. The molecule has 0 bridgehead atoms. The Morgan fingerprint density at radius 1 is 1.09 bits per heavy atom. The average Bonchev–Trinajstić information content (AvgIpc) is 3.25. The zero-order chi connectivity index (χ0) is 23.2. The van der Waals surface area contributed by atoms with Crippen molar-refractivity contribution < 1.29 is 36.5 Å². The minimum Gasteiger partial charge on any atom is -0.345 e. The summed E-state index contributed by atoms with van der Waals surface area (Å²) in [5.41, 5.74) is 0.780. The summed E-state index contributed by atoms with van der Waals surface area (Å²) in [6.07, 6.45) is 2.84. The Labute approximate surface area is 182 Å². The highest BCUT2D eigenvalue weighted by atomic mass is 32.2. The molecule has 32 heavy (non-hydrogen) atoms. The molecule has 4 rings (SSSR count). The second-order valence-electron chi connectivity index (χ2n) is 7.92. The van der Waals surface area contributed by atoms with Gasteiger partial charge in [0.25, 0.3) is 21.9 Å². The number of amides is 4. The van der Waals surface area contributed by atoms with Gasteiger partial charge in [0, 0.05) is 19.2 Å². The Bertz CT molecular complexity index is 1180. The van der Waals surface area contributed by atoms with E-state index in [2.05, 4.69) is 5.32 Å². The third kappa shape index (κ3) is 4.15. The number of hydrogen-bond acceptors (Lipinski definition) is 7. The molecule has 2 N–H and O–H groups in total. The van der Waals surface area contributed by atoms with Crippen LogP contribution in [-0.2, 0) is 19.7 Å². The molecule has 1 saturated heterocycles. The molecule has 12 heteroatoms. The molecule has 3 aliphatic heterocycles. The van der Waals surface area contributed by atoms with Gasteiger partial charge >= 0.3 is 0 Å². The van der Waals surface area contributed by atoms with Gasteiger partial charge in [0.1, 0.15) is 11.9 Å². The summed E-state index contributed by atoms with van der Waals surface area (Å²) >= 11 is 0. The van der Waals surface area contributed by atoms with Crippen LogP contribution >= 0.6 is 0 Å². The summed E-state index contributed by atoms with van der Waals surface area (Å²) in [5.74, 6) is -3.82. The van der Waals surface area contributed by atoms with E-state index in [-0.39, 0.29) is 41.8 Å². The third-order valence-electron chi connectivity index (χ3n) is 5.73. The standard InChI is InChI=1S/C20H20FN3O7S/c21-14-8-12-13(20(28)24(19(12)27)15-3-4-17(25)22-18(15)26)9-16(14)23-6-5-11(10-23)2-1-7-32(29,30)31/h8-10,15H,1-7H2,(H,22,25,26)(H,29,30,31)/t15-/m0/s1. The molecule has 0 radical (unpaired) electrons. The van der Waals surface area contributed by atoms with Crippen molar-refractivity contribution in [3.8, 4) is 0 Å². The number of nitrogens with one attached hydrogen (secondary N) is 1. The van der Waals surface area contributed by atoms with Gasteiger partial charge in [0.05, 0.1) is 22.6 Å².